The molecule has 0 radical (unpaired) electrons. The van der Waals surface area contributed by atoms with E-state index in [1.165, 1.54) is 4.90 Å². The van der Waals surface area contributed by atoms with Crippen molar-refractivity contribution in [2.24, 2.45) is 11.8 Å². The molecule has 2 aliphatic heterocycles. The number of anilines is 1. The van der Waals surface area contributed by atoms with Crippen LogP contribution in [-0.2, 0) is 29.5 Å². The fraction of sp³-hybridized carbons (Fsp3) is 0.250. The first-order valence-electron chi connectivity index (χ1n) is 11.4. The molecule has 2 fully saturated rings. The van der Waals surface area contributed by atoms with Gasteiger partial charge in [0.05, 0.1) is 30.2 Å². The van der Waals surface area contributed by atoms with Gasteiger partial charge in [-0.1, -0.05) is 78.4 Å². The lowest BCUT2D eigenvalue weighted by molar-refractivity contribution is -0.179. The molecule has 2 amide bonds. The summed E-state index contributed by atoms with van der Waals surface area (Å²) in [5, 5.41) is 0. The lowest BCUT2D eigenvalue weighted by Gasteiger charge is -2.32. The number of esters is 1. The molecule has 6 heteroatoms. The molecule has 0 aromatic heterocycles. The standard InChI is InChI=1S/C28H25NO5/c1-3-33-27(32)28(20-10-6-4-7-11-20)23-22(24(34-28)19-16-14-18(2)15-17-19)25(30)29(26(23)31)21-12-8-5-9-13-21/h4-17,22-24H,3H2,1-2H3. The van der Waals surface area contributed by atoms with Crippen LogP contribution < -0.4 is 4.90 Å². The summed E-state index contributed by atoms with van der Waals surface area (Å²) < 4.78 is 12.0. The van der Waals surface area contributed by atoms with Gasteiger partial charge < -0.3 is 9.47 Å². The summed E-state index contributed by atoms with van der Waals surface area (Å²) >= 11 is 0. The number of para-hydroxylation sites is 1. The summed E-state index contributed by atoms with van der Waals surface area (Å²) in [7, 11) is 0. The number of fused-ring (bicyclic) bond motifs is 1. The van der Waals surface area contributed by atoms with Crippen LogP contribution in [0.2, 0.25) is 0 Å². The number of benzene rings is 3. The fourth-order valence-electron chi connectivity index (χ4n) is 5.10. The second-order valence-electron chi connectivity index (χ2n) is 8.62. The summed E-state index contributed by atoms with van der Waals surface area (Å²) in [5.41, 5.74) is 1.01. The Balaban J connectivity index is 1.72. The number of carbonyl (C=O) groups is 3. The predicted octanol–water partition coefficient (Wildman–Crippen LogP) is 4.33. The average molecular weight is 456 g/mol. The topological polar surface area (TPSA) is 72.9 Å². The highest BCUT2D eigenvalue weighted by Gasteiger charge is 2.71. The highest BCUT2D eigenvalue weighted by atomic mass is 16.6. The molecule has 3 aromatic rings. The van der Waals surface area contributed by atoms with E-state index in [-0.39, 0.29) is 12.5 Å². The molecule has 0 aliphatic carbocycles. The minimum atomic E-state index is -1.74. The highest BCUT2D eigenvalue weighted by molar-refractivity contribution is 6.24. The Morgan fingerprint density at radius 1 is 0.912 bits per heavy atom. The van der Waals surface area contributed by atoms with Crippen LogP contribution in [0, 0.1) is 18.8 Å². The number of imide groups is 1. The second kappa shape index (κ2) is 8.54. The summed E-state index contributed by atoms with van der Waals surface area (Å²) in [6.45, 7) is 3.79. The van der Waals surface area contributed by atoms with Crippen molar-refractivity contribution in [3.8, 4) is 0 Å². The van der Waals surface area contributed by atoms with E-state index >= 15 is 0 Å². The van der Waals surface area contributed by atoms with Gasteiger partial charge in [-0.2, -0.15) is 0 Å². The zero-order chi connectivity index (χ0) is 23.9. The van der Waals surface area contributed by atoms with Gasteiger partial charge in [0, 0.05) is 0 Å². The van der Waals surface area contributed by atoms with Crippen LogP contribution >= 0.6 is 0 Å². The van der Waals surface area contributed by atoms with Crippen molar-refractivity contribution in [1.82, 2.24) is 0 Å². The number of rotatable bonds is 5. The molecule has 2 saturated heterocycles. The van der Waals surface area contributed by atoms with Crippen molar-refractivity contribution in [3.05, 3.63) is 102 Å². The van der Waals surface area contributed by atoms with Crippen LogP contribution in [0.1, 0.15) is 29.7 Å². The SMILES string of the molecule is CCOC(=O)C1(c2ccccc2)OC(c2ccc(C)cc2)C2C(=O)N(c3ccccc3)C(=O)C21. The minimum absolute atomic E-state index is 0.119. The summed E-state index contributed by atoms with van der Waals surface area (Å²) in [6, 6.07) is 25.3. The number of hydrogen-bond acceptors (Lipinski definition) is 5. The van der Waals surface area contributed by atoms with Gasteiger partial charge in [0.15, 0.2) is 0 Å². The van der Waals surface area contributed by atoms with Crippen LogP contribution in [0.25, 0.3) is 0 Å². The smallest absolute Gasteiger partial charge is 0.344 e. The molecule has 0 spiro atoms. The number of hydrogen-bond donors (Lipinski definition) is 0. The molecule has 172 valence electrons. The van der Waals surface area contributed by atoms with Gasteiger partial charge in [-0.15, -0.1) is 0 Å². The lowest BCUT2D eigenvalue weighted by atomic mass is 9.76. The molecular weight excluding hydrogens is 430 g/mol. The molecule has 2 aliphatic rings. The van der Waals surface area contributed by atoms with E-state index in [1.807, 2.05) is 43.3 Å². The molecule has 6 nitrogen and oxygen atoms in total. The van der Waals surface area contributed by atoms with Gasteiger partial charge in [0.1, 0.15) is 0 Å². The number of carbonyl (C=O) groups excluding carboxylic acids is 3. The Hall–Kier alpha value is -3.77. The Bertz CT molecular complexity index is 1220. The maximum atomic E-state index is 13.9. The van der Waals surface area contributed by atoms with E-state index in [9.17, 15) is 14.4 Å². The van der Waals surface area contributed by atoms with Crippen molar-refractivity contribution in [2.45, 2.75) is 25.6 Å². The normalized spacial score (nSPS) is 25.9. The highest BCUT2D eigenvalue weighted by Crippen LogP contribution is 2.58. The van der Waals surface area contributed by atoms with Gasteiger partial charge in [-0.3, -0.25) is 9.59 Å². The fourth-order valence-corrected chi connectivity index (χ4v) is 5.10. The molecule has 2 heterocycles. The van der Waals surface area contributed by atoms with Crippen molar-refractivity contribution >= 4 is 23.5 Å². The molecule has 3 aromatic carbocycles. The minimum Gasteiger partial charge on any atom is -0.464 e. The molecule has 34 heavy (non-hydrogen) atoms. The number of ether oxygens (including phenoxy) is 2. The molecule has 4 unspecified atom stereocenters. The Morgan fingerprint density at radius 2 is 1.53 bits per heavy atom. The maximum Gasteiger partial charge on any atom is 0.344 e. The van der Waals surface area contributed by atoms with Crippen molar-refractivity contribution < 1.29 is 23.9 Å². The third kappa shape index (κ3) is 3.25. The van der Waals surface area contributed by atoms with Crippen molar-refractivity contribution in [2.75, 3.05) is 11.5 Å². The van der Waals surface area contributed by atoms with Gasteiger partial charge in [0.25, 0.3) is 0 Å². The van der Waals surface area contributed by atoms with Crippen LogP contribution in [0.5, 0.6) is 0 Å². The molecule has 0 N–H and O–H groups in total. The molecular formula is C28H25NO5. The third-order valence-electron chi connectivity index (χ3n) is 6.63. The van der Waals surface area contributed by atoms with Crippen LogP contribution in [0.4, 0.5) is 5.69 Å². The van der Waals surface area contributed by atoms with E-state index in [1.54, 1.807) is 55.5 Å². The zero-order valence-electron chi connectivity index (χ0n) is 19.0. The number of aryl methyl sites for hydroxylation is 1. The van der Waals surface area contributed by atoms with E-state index in [0.29, 0.717) is 11.3 Å². The number of amides is 2. The predicted molar refractivity (Wildman–Crippen MR) is 126 cm³/mol. The van der Waals surface area contributed by atoms with Gasteiger partial charge in [-0.05, 0) is 37.1 Å². The van der Waals surface area contributed by atoms with Crippen LogP contribution in [0.15, 0.2) is 84.9 Å². The quantitative estimate of drug-likeness (QED) is 0.423. The first-order chi connectivity index (χ1) is 16.5. The maximum absolute atomic E-state index is 13.9. The first-order valence-corrected chi connectivity index (χ1v) is 11.4. The Morgan fingerprint density at radius 3 is 2.15 bits per heavy atom. The van der Waals surface area contributed by atoms with E-state index in [0.717, 1.165) is 11.1 Å². The summed E-state index contributed by atoms with van der Waals surface area (Å²) in [4.78, 5) is 42.6. The number of nitrogens with zero attached hydrogens (tertiary/aromatic N) is 1. The monoisotopic (exact) mass is 455 g/mol. The zero-order valence-corrected chi connectivity index (χ0v) is 19.0. The lowest BCUT2D eigenvalue weighted by Crippen LogP contribution is -2.47. The van der Waals surface area contributed by atoms with E-state index in [2.05, 4.69) is 0 Å². The van der Waals surface area contributed by atoms with Crippen LogP contribution in [-0.4, -0.2) is 24.4 Å². The molecule has 0 bridgehead atoms. The Labute approximate surface area is 198 Å². The largest absolute Gasteiger partial charge is 0.464 e. The van der Waals surface area contributed by atoms with Gasteiger partial charge in [0.2, 0.25) is 17.4 Å². The van der Waals surface area contributed by atoms with Gasteiger partial charge in [-0.25, -0.2) is 9.69 Å². The summed E-state index contributed by atoms with van der Waals surface area (Å²) in [6.07, 6.45) is -0.791. The van der Waals surface area contributed by atoms with Crippen LogP contribution in [0.3, 0.4) is 0 Å². The van der Waals surface area contributed by atoms with Crippen molar-refractivity contribution in [1.29, 1.82) is 0 Å². The van der Waals surface area contributed by atoms with E-state index in [4.69, 9.17) is 9.47 Å². The molecule has 5 rings (SSSR count). The van der Waals surface area contributed by atoms with Gasteiger partial charge >= 0.3 is 5.97 Å². The summed E-state index contributed by atoms with van der Waals surface area (Å²) in [5.74, 6) is -3.45. The van der Waals surface area contributed by atoms with Crippen molar-refractivity contribution in [3.63, 3.8) is 0 Å². The van der Waals surface area contributed by atoms with E-state index < -0.39 is 35.4 Å². The Kier molecular flexibility index (Phi) is 5.54. The average Bonchev–Trinajstić information content (AvgIpc) is 3.35. The first kappa shape index (κ1) is 22.0. The molecule has 4 atom stereocenters. The third-order valence-corrected chi connectivity index (χ3v) is 6.63. The second-order valence-corrected chi connectivity index (χ2v) is 8.62. The molecule has 0 saturated carbocycles.